The molecule has 1 heteroatoms. The SMILES string of the molecule is CC(C1C=CC(O)=CC1)C1CC1. The molecule has 0 aromatic carbocycles. The first-order chi connectivity index (χ1) is 5.77. The minimum absolute atomic E-state index is 0.439. The van der Waals surface area contributed by atoms with Crippen molar-refractivity contribution in [1.82, 2.24) is 0 Å². The van der Waals surface area contributed by atoms with E-state index in [4.69, 9.17) is 5.11 Å². The van der Waals surface area contributed by atoms with Gasteiger partial charge in [0, 0.05) is 0 Å². The lowest BCUT2D eigenvalue weighted by Gasteiger charge is -2.21. The molecule has 2 aliphatic rings. The van der Waals surface area contributed by atoms with Crippen molar-refractivity contribution in [2.45, 2.75) is 26.2 Å². The highest BCUT2D eigenvalue weighted by Crippen LogP contribution is 2.42. The van der Waals surface area contributed by atoms with E-state index >= 15 is 0 Å². The zero-order chi connectivity index (χ0) is 8.55. The number of allylic oxidation sites excluding steroid dienone is 3. The first kappa shape index (κ1) is 7.90. The van der Waals surface area contributed by atoms with E-state index in [9.17, 15) is 0 Å². The van der Waals surface area contributed by atoms with Crippen molar-refractivity contribution in [2.75, 3.05) is 0 Å². The number of aliphatic hydroxyl groups excluding tert-OH is 1. The van der Waals surface area contributed by atoms with Crippen LogP contribution in [0.1, 0.15) is 26.2 Å². The molecule has 2 aliphatic carbocycles. The summed E-state index contributed by atoms with van der Waals surface area (Å²) in [6.45, 7) is 2.34. The molecule has 0 heterocycles. The van der Waals surface area contributed by atoms with Gasteiger partial charge < -0.3 is 5.11 Å². The van der Waals surface area contributed by atoms with Crippen LogP contribution in [0.4, 0.5) is 0 Å². The topological polar surface area (TPSA) is 20.2 Å². The number of aliphatic hydroxyl groups is 1. The van der Waals surface area contributed by atoms with Crippen LogP contribution in [-0.2, 0) is 0 Å². The fourth-order valence-corrected chi connectivity index (χ4v) is 1.99. The minimum Gasteiger partial charge on any atom is -0.508 e. The molecule has 2 rings (SSSR count). The second-order valence-electron chi connectivity index (χ2n) is 4.08. The fraction of sp³-hybridized carbons (Fsp3) is 0.636. The first-order valence-corrected chi connectivity index (χ1v) is 4.84. The molecule has 0 saturated heterocycles. The van der Waals surface area contributed by atoms with Crippen LogP contribution in [0.2, 0.25) is 0 Å². The van der Waals surface area contributed by atoms with Crippen LogP contribution in [0.25, 0.3) is 0 Å². The molecular weight excluding hydrogens is 148 g/mol. The minimum atomic E-state index is 0.439. The molecule has 0 aromatic heterocycles. The third-order valence-electron chi connectivity index (χ3n) is 3.15. The van der Waals surface area contributed by atoms with Gasteiger partial charge >= 0.3 is 0 Å². The highest BCUT2D eigenvalue weighted by Gasteiger charge is 2.32. The molecule has 1 nitrogen and oxygen atoms in total. The van der Waals surface area contributed by atoms with Gasteiger partial charge in [-0.3, -0.25) is 0 Å². The Balaban J connectivity index is 1.94. The zero-order valence-corrected chi connectivity index (χ0v) is 7.53. The lowest BCUT2D eigenvalue weighted by atomic mass is 9.85. The average molecular weight is 164 g/mol. The maximum absolute atomic E-state index is 9.14. The predicted molar refractivity (Wildman–Crippen MR) is 49.8 cm³/mol. The van der Waals surface area contributed by atoms with Crippen molar-refractivity contribution < 1.29 is 5.11 Å². The molecule has 12 heavy (non-hydrogen) atoms. The zero-order valence-electron chi connectivity index (χ0n) is 7.53. The molecule has 1 saturated carbocycles. The summed E-state index contributed by atoms with van der Waals surface area (Å²) in [5.74, 6) is 2.89. The highest BCUT2D eigenvalue weighted by atomic mass is 16.3. The van der Waals surface area contributed by atoms with Crippen LogP contribution >= 0.6 is 0 Å². The maximum atomic E-state index is 9.14. The van der Waals surface area contributed by atoms with Crippen LogP contribution in [0, 0.1) is 17.8 Å². The van der Waals surface area contributed by atoms with E-state index in [2.05, 4.69) is 13.0 Å². The molecule has 0 bridgehead atoms. The van der Waals surface area contributed by atoms with E-state index in [1.165, 1.54) is 12.8 Å². The quantitative estimate of drug-likeness (QED) is 0.665. The van der Waals surface area contributed by atoms with Gasteiger partial charge in [-0.1, -0.05) is 13.0 Å². The van der Waals surface area contributed by atoms with Crippen molar-refractivity contribution in [3.05, 3.63) is 24.0 Å². The van der Waals surface area contributed by atoms with E-state index < -0.39 is 0 Å². The second-order valence-corrected chi connectivity index (χ2v) is 4.08. The Morgan fingerprint density at radius 3 is 2.75 bits per heavy atom. The first-order valence-electron chi connectivity index (χ1n) is 4.84. The average Bonchev–Trinajstić information content (AvgIpc) is 2.87. The standard InChI is InChI=1S/C11H16O/c1-8(9-2-3-9)10-4-6-11(12)7-5-10/h4,6-10,12H,2-3,5H2,1H3. The predicted octanol–water partition coefficient (Wildman–Crippen LogP) is 3.05. The summed E-state index contributed by atoms with van der Waals surface area (Å²) in [6, 6.07) is 0. The Bertz CT molecular complexity index is 223. The normalized spacial score (nSPS) is 31.4. The van der Waals surface area contributed by atoms with Gasteiger partial charge in [-0.15, -0.1) is 0 Å². The lowest BCUT2D eigenvalue weighted by molar-refractivity contribution is 0.363. The van der Waals surface area contributed by atoms with Crippen LogP contribution in [0.5, 0.6) is 0 Å². The molecule has 2 unspecified atom stereocenters. The van der Waals surface area contributed by atoms with Gasteiger partial charge in [0.1, 0.15) is 5.76 Å². The molecule has 2 atom stereocenters. The van der Waals surface area contributed by atoms with E-state index in [0.29, 0.717) is 11.7 Å². The van der Waals surface area contributed by atoms with Crippen LogP contribution < -0.4 is 0 Å². The molecule has 0 amide bonds. The van der Waals surface area contributed by atoms with E-state index in [1.807, 2.05) is 12.2 Å². The van der Waals surface area contributed by atoms with Gasteiger partial charge in [-0.05, 0) is 49.2 Å². The van der Waals surface area contributed by atoms with E-state index in [0.717, 1.165) is 18.3 Å². The van der Waals surface area contributed by atoms with Gasteiger partial charge in [0.25, 0.3) is 0 Å². The summed E-state index contributed by atoms with van der Waals surface area (Å²) < 4.78 is 0. The van der Waals surface area contributed by atoms with E-state index in [1.54, 1.807) is 0 Å². The van der Waals surface area contributed by atoms with E-state index in [-0.39, 0.29) is 0 Å². The Morgan fingerprint density at radius 1 is 1.50 bits per heavy atom. The van der Waals surface area contributed by atoms with Crippen molar-refractivity contribution in [2.24, 2.45) is 17.8 Å². The van der Waals surface area contributed by atoms with Gasteiger partial charge in [-0.25, -0.2) is 0 Å². The second kappa shape index (κ2) is 2.96. The largest absolute Gasteiger partial charge is 0.508 e. The van der Waals surface area contributed by atoms with Gasteiger partial charge in [0.2, 0.25) is 0 Å². The van der Waals surface area contributed by atoms with Gasteiger partial charge in [0.05, 0.1) is 0 Å². The summed E-state index contributed by atoms with van der Waals surface area (Å²) in [6.07, 6.45) is 9.80. The van der Waals surface area contributed by atoms with Crippen molar-refractivity contribution in [1.29, 1.82) is 0 Å². The molecule has 1 N–H and O–H groups in total. The summed E-state index contributed by atoms with van der Waals surface area (Å²) in [4.78, 5) is 0. The van der Waals surface area contributed by atoms with Crippen molar-refractivity contribution in [3.8, 4) is 0 Å². The summed E-state index contributed by atoms with van der Waals surface area (Å²) >= 11 is 0. The van der Waals surface area contributed by atoms with Crippen molar-refractivity contribution >= 4 is 0 Å². The molecule has 1 fully saturated rings. The maximum Gasteiger partial charge on any atom is 0.111 e. The van der Waals surface area contributed by atoms with Crippen LogP contribution in [0.3, 0.4) is 0 Å². The van der Waals surface area contributed by atoms with Crippen molar-refractivity contribution in [3.63, 3.8) is 0 Å². The Hall–Kier alpha value is -0.720. The summed E-state index contributed by atoms with van der Waals surface area (Å²) in [5.41, 5.74) is 0. The smallest absolute Gasteiger partial charge is 0.111 e. The molecular formula is C11H16O. The highest BCUT2D eigenvalue weighted by molar-refractivity contribution is 5.17. The summed E-state index contributed by atoms with van der Waals surface area (Å²) in [7, 11) is 0. The third kappa shape index (κ3) is 1.55. The lowest BCUT2D eigenvalue weighted by Crippen LogP contribution is -2.12. The molecule has 0 spiro atoms. The number of hydrogen-bond acceptors (Lipinski definition) is 1. The fourth-order valence-electron chi connectivity index (χ4n) is 1.99. The molecule has 66 valence electrons. The van der Waals surface area contributed by atoms with Gasteiger partial charge in [0.15, 0.2) is 0 Å². The molecule has 0 radical (unpaired) electrons. The Kier molecular flexibility index (Phi) is 1.95. The summed E-state index contributed by atoms with van der Waals surface area (Å²) in [5, 5.41) is 9.14. The monoisotopic (exact) mass is 164 g/mol. The van der Waals surface area contributed by atoms with Crippen LogP contribution in [0.15, 0.2) is 24.0 Å². The van der Waals surface area contributed by atoms with Crippen LogP contribution in [-0.4, -0.2) is 5.11 Å². The van der Waals surface area contributed by atoms with Gasteiger partial charge in [-0.2, -0.15) is 0 Å². The third-order valence-corrected chi connectivity index (χ3v) is 3.15. The Morgan fingerprint density at radius 2 is 2.25 bits per heavy atom. The number of rotatable bonds is 2. The Labute approximate surface area is 73.8 Å². The number of hydrogen-bond donors (Lipinski definition) is 1. The molecule has 0 aromatic rings. The molecule has 0 aliphatic heterocycles.